The van der Waals surface area contributed by atoms with E-state index in [2.05, 4.69) is 0 Å². The summed E-state index contributed by atoms with van der Waals surface area (Å²) in [7, 11) is -1.06. The molecule has 1 unspecified atom stereocenters. The molecule has 1 atom stereocenters. The third-order valence-corrected chi connectivity index (χ3v) is 4.85. The first-order valence-electron chi connectivity index (χ1n) is 4.35. The molecule has 0 radical (unpaired) electrons. The van der Waals surface area contributed by atoms with Crippen molar-refractivity contribution >= 4 is 12.7 Å². The number of rotatable bonds is 3. The summed E-state index contributed by atoms with van der Waals surface area (Å²) in [6.07, 6.45) is 0.550. The van der Waals surface area contributed by atoms with Crippen molar-refractivity contribution < 1.29 is 9.09 Å². The summed E-state index contributed by atoms with van der Waals surface area (Å²) < 4.78 is 17.3. The van der Waals surface area contributed by atoms with Gasteiger partial charge in [0.2, 0.25) is 7.37 Å². The summed E-state index contributed by atoms with van der Waals surface area (Å²) in [4.78, 5) is 0. The standard InChI is InChI=1S/C10H15O2P/c1-4-13(11,12-3)10-8-6-5-7-9(10)2/h5-8H,4H2,1-3H3. The number of benzene rings is 1. The van der Waals surface area contributed by atoms with Crippen LogP contribution in [0.1, 0.15) is 12.5 Å². The number of aryl methyl sites for hydroxylation is 1. The van der Waals surface area contributed by atoms with Gasteiger partial charge in [-0.3, -0.25) is 4.57 Å². The van der Waals surface area contributed by atoms with Gasteiger partial charge in [-0.15, -0.1) is 0 Å². The summed E-state index contributed by atoms with van der Waals surface area (Å²) in [5.41, 5.74) is 1.04. The number of hydrogen-bond acceptors (Lipinski definition) is 2. The fraction of sp³-hybridized carbons (Fsp3) is 0.400. The minimum Gasteiger partial charge on any atom is -0.329 e. The largest absolute Gasteiger partial charge is 0.329 e. The van der Waals surface area contributed by atoms with Gasteiger partial charge in [-0.05, 0) is 18.6 Å². The highest BCUT2D eigenvalue weighted by molar-refractivity contribution is 7.67. The predicted octanol–water partition coefficient (Wildman–Crippen LogP) is 2.56. The van der Waals surface area contributed by atoms with E-state index in [1.54, 1.807) is 0 Å². The van der Waals surface area contributed by atoms with Crippen molar-refractivity contribution in [3.05, 3.63) is 29.8 Å². The van der Waals surface area contributed by atoms with Crippen LogP contribution in [0.15, 0.2) is 24.3 Å². The summed E-state index contributed by atoms with van der Waals surface area (Å²) in [5, 5.41) is 0.847. The Bertz CT molecular complexity index is 325. The fourth-order valence-corrected chi connectivity index (χ4v) is 3.06. The third-order valence-electron chi connectivity index (χ3n) is 2.19. The lowest BCUT2D eigenvalue weighted by Crippen LogP contribution is -2.11. The molecule has 0 saturated heterocycles. The van der Waals surface area contributed by atoms with E-state index < -0.39 is 7.37 Å². The van der Waals surface area contributed by atoms with Crippen molar-refractivity contribution in [3.8, 4) is 0 Å². The van der Waals surface area contributed by atoms with Crippen LogP contribution in [0.5, 0.6) is 0 Å². The van der Waals surface area contributed by atoms with Crippen molar-refractivity contribution in [2.45, 2.75) is 13.8 Å². The Hall–Kier alpha value is -0.590. The maximum absolute atomic E-state index is 12.2. The number of hydrogen-bond donors (Lipinski definition) is 0. The quantitative estimate of drug-likeness (QED) is 0.698. The first-order chi connectivity index (χ1) is 6.14. The molecule has 72 valence electrons. The van der Waals surface area contributed by atoms with Crippen molar-refractivity contribution in [1.29, 1.82) is 0 Å². The van der Waals surface area contributed by atoms with Crippen molar-refractivity contribution in [2.75, 3.05) is 13.3 Å². The average Bonchev–Trinajstić information content (AvgIpc) is 2.17. The maximum Gasteiger partial charge on any atom is 0.231 e. The van der Waals surface area contributed by atoms with Gasteiger partial charge in [0.05, 0.1) is 0 Å². The Balaban J connectivity index is 3.20. The molecule has 0 spiro atoms. The van der Waals surface area contributed by atoms with Gasteiger partial charge in [0.1, 0.15) is 0 Å². The zero-order valence-electron chi connectivity index (χ0n) is 8.28. The van der Waals surface area contributed by atoms with E-state index in [-0.39, 0.29) is 0 Å². The highest BCUT2D eigenvalue weighted by Crippen LogP contribution is 2.44. The molecule has 0 aliphatic rings. The molecular weight excluding hydrogens is 183 g/mol. The van der Waals surface area contributed by atoms with Crippen molar-refractivity contribution in [3.63, 3.8) is 0 Å². The first kappa shape index (κ1) is 10.5. The molecule has 3 heteroatoms. The van der Waals surface area contributed by atoms with Gasteiger partial charge in [-0.25, -0.2) is 0 Å². The molecule has 1 rings (SSSR count). The average molecular weight is 198 g/mol. The van der Waals surface area contributed by atoms with Gasteiger partial charge in [-0.2, -0.15) is 0 Å². The van der Waals surface area contributed by atoms with Crippen LogP contribution in [0.3, 0.4) is 0 Å². The van der Waals surface area contributed by atoms with Crippen LogP contribution in [0.4, 0.5) is 0 Å². The SMILES string of the molecule is CCP(=O)(OC)c1ccccc1C. The van der Waals surface area contributed by atoms with E-state index in [9.17, 15) is 4.57 Å². The maximum atomic E-state index is 12.2. The molecule has 0 amide bonds. The van der Waals surface area contributed by atoms with Crippen LogP contribution in [0, 0.1) is 6.92 Å². The van der Waals surface area contributed by atoms with Crippen molar-refractivity contribution in [2.24, 2.45) is 0 Å². The summed E-state index contributed by atoms with van der Waals surface area (Å²) >= 11 is 0. The predicted molar refractivity (Wildman–Crippen MR) is 56.0 cm³/mol. The van der Waals surface area contributed by atoms with E-state index in [0.717, 1.165) is 10.9 Å². The lowest BCUT2D eigenvalue weighted by atomic mass is 10.2. The molecule has 1 aromatic rings. The molecule has 0 bridgehead atoms. The molecule has 0 aromatic heterocycles. The molecule has 1 aromatic carbocycles. The van der Waals surface area contributed by atoms with Crippen LogP contribution < -0.4 is 5.30 Å². The zero-order valence-corrected chi connectivity index (χ0v) is 9.17. The van der Waals surface area contributed by atoms with Gasteiger partial charge in [0.25, 0.3) is 0 Å². The normalized spacial score (nSPS) is 15.3. The van der Waals surface area contributed by atoms with Crippen LogP contribution in [0.2, 0.25) is 0 Å². The Kier molecular flexibility index (Phi) is 3.29. The topological polar surface area (TPSA) is 26.3 Å². The van der Waals surface area contributed by atoms with E-state index in [4.69, 9.17) is 4.52 Å². The van der Waals surface area contributed by atoms with Crippen LogP contribution >= 0.6 is 7.37 Å². The van der Waals surface area contributed by atoms with Crippen LogP contribution in [-0.4, -0.2) is 13.3 Å². The first-order valence-corrected chi connectivity index (χ1v) is 6.16. The Morgan fingerprint density at radius 1 is 1.38 bits per heavy atom. The molecule has 0 heterocycles. The van der Waals surface area contributed by atoms with Gasteiger partial charge in [-0.1, -0.05) is 25.1 Å². The second kappa shape index (κ2) is 4.08. The minimum absolute atomic E-state index is 0.550. The second-order valence-corrected chi connectivity index (χ2v) is 5.78. The zero-order chi connectivity index (χ0) is 9.90. The van der Waals surface area contributed by atoms with Crippen LogP contribution in [-0.2, 0) is 9.09 Å². The van der Waals surface area contributed by atoms with Gasteiger partial charge in [0.15, 0.2) is 0 Å². The van der Waals surface area contributed by atoms with E-state index in [1.807, 2.05) is 38.1 Å². The van der Waals surface area contributed by atoms with Gasteiger partial charge >= 0.3 is 0 Å². The Morgan fingerprint density at radius 2 is 2.00 bits per heavy atom. The summed E-state index contributed by atoms with van der Waals surface area (Å²) in [6.45, 7) is 3.84. The highest BCUT2D eigenvalue weighted by atomic mass is 31.2. The van der Waals surface area contributed by atoms with E-state index in [1.165, 1.54) is 7.11 Å². The molecule has 0 aliphatic heterocycles. The van der Waals surface area contributed by atoms with Crippen molar-refractivity contribution in [1.82, 2.24) is 0 Å². The monoisotopic (exact) mass is 198 g/mol. The van der Waals surface area contributed by atoms with Crippen LogP contribution in [0.25, 0.3) is 0 Å². The molecule has 2 nitrogen and oxygen atoms in total. The molecular formula is C10H15O2P. The molecule has 0 aliphatic carbocycles. The Labute approximate surface area is 79.4 Å². The van der Waals surface area contributed by atoms with E-state index in [0.29, 0.717) is 6.16 Å². The molecule has 0 fully saturated rings. The Morgan fingerprint density at radius 3 is 2.46 bits per heavy atom. The lowest BCUT2D eigenvalue weighted by Gasteiger charge is -2.16. The smallest absolute Gasteiger partial charge is 0.231 e. The van der Waals surface area contributed by atoms with Gasteiger partial charge < -0.3 is 4.52 Å². The minimum atomic E-state index is -2.57. The fourth-order valence-electron chi connectivity index (χ4n) is 1.34. The molecule has 0 N–H and O–H groups in total. The lowest BCUT2D eigenvalue weighted by molar-refractivity contribution is 0.404. The second-order valence-electron chi connectivity index (χ2n) is 2.96. The highest BCUT2D eigenvalue weighted by Gasteiger charge is 2.22. The van der Waals surface area contributed by atoms with Gasteiger partial charge in [0, 0.05) is 18.6 Å². The summed E-state index contributed by atoms with van der Waals surface area (Å²) in [5.74, 6) is 0. The third kappa shape index (κ3) is 2.01. The van der Waals surface area contributed by atoms with E-state index >= 15 is 0 Å². The molecule has 13 heavy (non-hydrogen) atoms. The summed E-state index contributed by atoms with van der Waals surface area (Å²) in [6, 6.07) is 7.66. The molecule has 0 saturated carbocycles.